The van der Waals surface area contributed by atoms with E-state index in [-0.39, 0.29) is 23.2 Å². The van der Waals surface area contributed by atoms with Crippen molar-refractivity contribution in [1.29, 1.82) is 0 Å². The molecule has 1 saturated heterocycles. The molecule has 1 aliphatic heterocycles. The number of fused-ring (bicyclic) bond motifs is 1. The Balaban J connectivity index is 1.49. The first-order valence-electron chi connectivity index (χ1n) is 10.6. The van der Waals surface area contributed by atoms with Crippen molar-refractivity contribution in [3.63, 3.8) is 0 Å². The van der Waals surface area contributed by atoms with Gasteiger partial charge in [0.1, 0.15) is 11.6 Å². The molecule has 0 radical (unpaired) electrons. The zero-order chi connectivity index (χ0) is 21.3. The molecule has 1 aromatic carbocycles. The Labute approximate surface area is 176 Å². The van der Waals surface area contributed by atoms with Gasteiger partial charge in [-0.25, -0.2) is 14.4 Å². The van der Waals surface area contributed by atoms with Crippen LogP contribution in [0.3, 0.4) is 0 Å². The monoisotopic (exact) mass is 412 g/mol. The summed E-state index contributed by atoms with van der Waals surface area (Å²) in [6.45, 7) is 8.10. The lowest BCUT2D eigenvalue weighted by Crippen LogP contribution is -2.42. The molecule has 0 unspecified atom stereocenters. The molecule has 160 valence electrons. The lowest BCUT2D eigenvalue weighted by atomic mass is 9.74. The van der Waals surface area contributed by atoms with Gasteiger partial charge < -0.3 is 15.0 Å². The molecule has 1 aromatic heterocycles. The highest BCUT2D eigenvalue weighted by molar-refractivity contribution is 5.81. The second-order valence-corrected chi connectivity index (χ2v) is 9.09. The Morgan fingerprint density at radius 1 is 1.27 bits per heavy atom. The molecule has 2 heterocycles. The lowest BCUT2D eigenvalue weighted by molar-refractivity contribution is -0.128. The molecule has 30 heavy (non-hydrogen) atoms. The van der Waals surface area contributed by atoms with Crippen molar-refractivity contribution in [2.24, 2.45) is 5.41 Å². The van der Waals surface area contributed by atoms with Crippen molar-refractivity contribution in [2.45, 2.75) is 58.6 Å². The summed E-state index contributed by atoms with van der Waals surface area (Å²) in [5.41, 5.74) is 2.02. The number of aromatic nitrogens is 2. The number of nitrogens with zero attached hydrogens (tertiary/aromatic N) is 3. The number of ether oxygens (including phenoxy) is 1. The topological polar surface area (TPSA) is 67.3 Å². The minimum atomic E-state index is -0.700. The van der Waals surface area contributed by atoms with Gasteiger partial charge in [-0.15, -0.1) is 0 Å². The van der Waals surface area contributed by atoms with Crippen molar-refractivity contribution in [3.05, 3.63) is 47.5 Å². The number of hydrogen-bond acceptors (Lipinski definition) is 5. The predicted octanol–water partition coefficient (Wildman–Crippen LogP) is 3.81. The van der Waals surface area contributed by atoms with Crippen LogP contribution >= 0.6 is 0 Å². The number of amides is 1. The SMILES string of the molecule is C[C@@H](Oc1ccc(F)cc1)C(=O)N[C@@H]1CC(C)(C)Cc2nc(N3CCCC3)ncc21. The summed E-state index contributed by atoms with van der Waals surface area (Å²) in [6.07, 6.45) is 5.20. The average Bonchev–Trinajstić information content (AvgIpc) is 3.23. The maximum Gasteiger partial charge on any atom is 0.261 e. The number of hydrogen-bond donors (Lipinski definition) is 1. The van der Waals surface area contributed by atoms with E-state index in [2.05, 4.69) is 29.0 Å². The number of benzene rings is 1. The van der Waals surface area contributed by atoms with Crippen LogP contribution in [0.25, 0.3) is 0 Å². The molecule has 2 atom stereocenters. The molecule has 0 bridgehead atoms. The largest absolute Gasteiger partial charge is 0.481 e. The quantitative estimate of drug-likeness (QED) is 0.809. The van der Waals surface area contributed by atoms with Crippen molar-refractivity contribution in [3.8, 4) is 5.75 Å². The van der Waals surface area contributed by atoms with E-state index >= 15 is 0 Å². The lowest BCUT2D eigenvalue weighted by Gasteiger charge is -2.37. The highest BCUT2D eigenvalue weighted by Crippen LogP contribution is 2.40. The van der Waals surface area contributed by atoms with E-state index in [1.807, 2.05) is 6.20 Å². The van der Waals surface area contributed by atoms with Gasteiger partial charge in [0.2, 0.25) is 5.95 Å². The fraction of sp³-hybridized carbons (Fsp3) is 0.522. The van der Waals surface area contributed by atoms with Gasteiger partial charge in [-0.2, -0.15) is 0 Å². The fourth-order valence-electron chi connectivity index (χ4n) is 4.29. The van der Waals surface area contributed by atoms with Crippen LogP contribution in [0.15, 0.2) is 30.5 Å². The minimum Gasteiger partial charge on any atom is -0.481 e. The molecule has 1 N–H and O–H groups in total. The zero-order valence-electron chi connectivity index (χ0n) is 17.8. The van der Waals surface area contributed by atoms with E-state index in [1.165, 1.54) is 37.1 Å². The van der Waals surface area contributed by atoms with Crippen LogP contribution in [0.1, 0.15) is 57.3 Å². The van der Waals surface area contributed by atoms with E-state index in [1.54, 1.807) is 6.92 Å². The van der Waals surface area contributed by atoms with Crippen molar-refractivity contribution in [2.75, 3.05) is 18.0 Å². The van der Waals surface area contributed by atoms with Crippen LogP contribution in [0, 0.1) is 11.2 Å². The third kappa shape index (κ3) is 4.55. The molecule has 4 rings (SSSR count). The normalized spacial score (nSPS) is 21.1. The van der Waals surface area contributed by atoms with Crippen LogP contribution < -0.4 is 15.0 Å². The standard InChI is InChI=1S/C23H29FN4O2/c1-15(30-17-8-6-16(24)7-9-17)21(29)26-19-12-23(2,3)13-20-18(19)14-25-22(27-20)28-10-4-5-11-28/h6-9,14-15,19H,4-5,10-13H2,1-3H3,(H,26,29)/t15-,19-/m1/s1. The van der Waals surface area contributed by atoms with Gasteiger partial charge in [-0.1, -0.05) is 13.8 Å². The van der Waals surface area contributed by atoms with Crippen molar-refractivity contribution in [1.82, 2.24) is 15.3 Å². The summed E-state index contributed by atoms with van der Waals surface area (Å²) in [4.78, 5) is 24.5. The van der Waals surface area contributed by atoms with Gasteiger partial charge in [-0.05, 0) is 62.3 Å². The first-order valence-corrected chi connectivity index (χ1v) is 10.6. The second-order valence-electron chi connectivity index (χ2n) is 9.09. The van der Waals surface area contributed by atoms with Crippen molar-refractivity contribution < 1.29 is 13.9 Å². The highest BCUT2D eigenvalue weighted by Gasteiger charge is 2.35. The number of carbonyl (C=O) groups is 1. The molecular weight excluding hydrogens is 383 g/mol. The van der Waals surface area contributed by atoms with Gasteiger partial charge in [0.15, 0.2) is 6.10 Å². The zero-order valence-corrected chi connectivity index (χ0v) is 17.8. The van der Waals surface area contributed by atoms with Gasteiger partial charge >= 0.3 is 0 Å². The van der Waals surface area contributed by atoms with Crippen LogP contribution in [0.4, 0.5) is 10.3 Å². The van der Waals surface area contributed by atoms with Gasteiger partial charge in [0.25, 0.3) is 5.91 Å². The maximum atomic E-state index is 13.1. The average molecular weight is 413 g/mol. The first-order chi connectivity index (χ1) is 14.3. The molecule has 1 amide bonds. The molecule has 1 aliphatic carbocycles. The summed E-state index contributed by atoms with van der Waals surface area (Å²) in [7, 11) is 0. The first kappa shape index (κ1) is 20.6. The summed E-state index contributed by atoms with van der Waals surface area (Å²) in [5, 5.41) is 3.12. The molecule has 0 spiro atoms. The number of halogens is 1. The number of anilines is 1. The van der Waals surface area contributed by atoms with E-state index in [0.717, 1.165) is 43.1 Å². The Bertz CT molecular complexity index is 910. The Morgan fingerprint density at radius 2 is 1.97 bits per heavy atom. The van der Waals surface area contributed by atoms with Crippen LogP contribution in [0.2, 0.25) is 0 Å². The van der Waals surface area contributed by atoms with E-state index in [4.69, 9.17) is 9.72 Å². The third-order valence-corrected chi connectivity index (χ3v) is 5.87. The molecule has 7 heteroatoms. The van der Waals surface area contributed by atoms with Crippen LogP contribution in [-0.4, -0.2) is 35.1 Å². The van der Waals surface area contributed by atoms with E-state index in [0.29, 0.717) is 5.75 Å². The van der Waals surface area contributed by atoms with E-state index < -0.39 is 6.10 Å². The molecule has 6 nitrogen and oxygen atoms in total. The summed E-state index contributed by atoms with van der Waals surface area (Å²) in [6, 6.07) is 5.50. The minimum absolute atomic E-state index is 0.0165. The Hall–Kier alpha value is -2.70. The van der Waals surface area contributed by atoms with Gasteiger partial charge in [-0.3, -0.25) is 4.79 Å². The third-order valence-electron chi connectivity index (χ3n) is 5.87. The van der Waals surface area contributed by atoms with Gasteiger partial charge in [0, 0.05) is 24.8 Å². The van der Waals surface area contributed by atoms with Gasteiger partial charge in [0.05, 0.1) is 11.7 Å². The Morgan fingerprint density at radius 3 is 2.67 bits per heavy atom. The van der Waals surface area contributed by atoms with Crippen LogP contribution in [-0.2, 0) is 11.2 Å². The maximum absolute atomic E-state index is 13.1. The number of rotatable bonds is 5. The molecule has 2 aromatic rings. The smallest absolute Gasteiger partial charge is 0.261 e. The molecule has 0 saturated carbocycles. The summed E-state index contributed by atoms with van der Waals surface area (Å²) in [5.74, 6) is 0.703. The fourth-order valence-corrected chi connectivity index (χ4v) is 4.29. The van der Waals surface area contributed by atoms with Crippen molar-refractivity contribution >= 4 is 11.9 Å². The highest BCUT2D eigenvalue weighted by atomic mass is 19.1. The molecule has 2 aliphatic rings. The molecule has 1 fully saturated rings. The number of nitrogens with one attached hydrogen (secondary N) is 1. The predicted molar refractivity (Wildman–Crippen MR) is 113 cm³/mol. The van der Waals surface area contributed by atoms with Crippen LogP contribution in [0.5, 0.6) is 5.75 Å². The summed E-state index contributed by atoms with van der Waals surface area (Å²) < 4.78 is 18.8. The van der Waals surface area contributed by atoms with E-state index in [9.17, 15) is 9.18 Å². The second kappa shape index (κ2) is 8.20. The summed E-state index contributed by atoms with van der Waals surface area (Å²) >= 11 is 0. The Kier molecular flexibility index (Phi) is 5.62. The molecular formula is C23H29FN4O2. The number of carbonyl (C=O) groups excluding carboxylic acids is 1.